The molecule has 7 heteroatoms. The standard InChI is InChI=1S/C18H18FN3O3/c1-18(2)9-10-8-12(14(19)21-16(10)25-18)15(23)20-13-4-3-7-22(17(13)24)11-5-6-11/h3-4,7-8,11H,5-6,9H2,1-2H3,(H,20,23). The zero-order valence-electron chi connectivity index (χ0n) is 14.0. The number of ether oxygens (including phenoxy) is 1. The van der Waals surface area contributed by atoms with Crippen LogP contribution in [0.5, 0.6) is 5.88 Å². The number of carbonyl (C=O) groups excluding carboxylic acids is 1. The highest BCUT2D eigenvalue weighted by Crippen LogP contribution is 2.34. The second-order valence-electron chi connectivity index (χ2n) is 7.15. The van der Waals surface area contributed by atoms with Crippen LogP contribution in [0.3, 0.4) is 0 Å². The van der Waals surface area contributed by atoms with Crippen molar-refractivity contribution in [2.75, 3.05) is 5.32 Å². The van der Waals surface area contributed by atoms with E-state index < -0.39 is 17.5 Å². The van der Waals surface area contributed by atoms with Crippen LogP contribution in [0.25, 0.3) is 0 Å². The Kier molecular flexibility index (Phi) is 3.42. The molecule has 130 valence electrons. The average Bonchev–Trinajstić information content (AvgIpc) is 3.31. The topological polar surface area (TPSA) is 73.2 Å². The van der Waals surface area contributed by atoms with Crippen LogP contribution < -0.4 is 15.6 Å². The van der Waals surface area contributed by atoms with Crippen LogP contribution in [-0.2, 0) is 6.42 Å². The smallest absolute Gasteiger partial charge is 0.274 e. The summed E-state index contributed by atoms with van der Waals surface area (Å²) in [6.45, 7) is 3.74. The highest BCUT2D eigenvalue weighted by molar-refractivity contribution is 6.04. The van der Waals surface area contributed by atoms with Gasteiger partial charge in [0, 0.05) is 24.2 Å². The zero-order chi connectivity index (χ0) is 17.8. The molecule has 0 radical (unpaired) electrons. The molecule has 25 heavy (non-hydrogen) atoms. The molecule has 0 unspecified atom stereocenters. The van der Waals surface area contributed by atoms with Crippen molar-refractivity contribution in [3.8, 4) is 5.88 Å². The number of pyridine rings is 2. The first-order chi connectivity index (χ1) is 11.8. The van der Waals surface area contributed by atoms with E-state index in [2.05, 4.69) is 10.3 Å². The van der Waals surface area contributed by atoms with Gasteiger partial charge in [0.2, 0.25) is 11.8 Å². The first kappa shape index (κ1) is 15.8. The normalized spacial score (nSPS) is 17.7. The molecule has 0 spiro atoms. The van der Waals surface area contributed by atoms with Gasteiger partial charge >= 0.3 is 0 Å². The first-order valence-electron chi connectivity index (χ1n) is 8.25. The van der Waals surface area contributed by atoms with Gasteiger partial charge in [0.05, 0.1) is 5.56 Å². The van der Waals surface area contributed by atoms with E-state index in [1.165, 1.54) is 12.1 Å². The van der Waals surface area contributed by atoms with Crippen molar-refractivity contribution >= 4 is 11.6 Å². The first-order valence-corrected chi connectivity index (χ1v) is 8.25. The molecule has 1 fully saturated rings. The summed E-state index contributed by atoms with van der Waals surface area (Å²) in [5, 5.41) is 2.51. The molecule has 4 rings (SSSR count). The summed E-state index contributed by atoms with van der Waals surface area (Å²) in [4.78, 5) is 28.6. The number of halogens is 1. The largest absolute Gasteiger partial charge is 0.471 e. The maximum atomic E-state index is 14.2. The molecule has 1 saturated carbocycles. The molecule has 1 aliphatic carbocycles. The van der Waals surface area contributed by atoms with Gasteiger partial charge in [-0.2, -0.15) is 9.37 Å². The third-order valence-corrected chi connectivity index (χ3v) is 4.41. The van der Waals surface area contributed by atoms with E-state index in [0.29, 0.717) is 12.0 Å². The van der Waals surface area contributed by atoms with Crippen LogP contribution >= 0.6 is 0 Å². The molecule has 1 amide bonds. The number of nitrogens with one attached hydrogen (secondary N) is 1. The lowest BCUT2D eigenvalue weighted by atomic mass is 10.0. The lowest BCUT2D eigenvalue weighted by Crippen LogP contribution is -2.25. The number of amides is 1. The predicted octanol–water partition coefficient (Wildman–Crippen LogP) is 2.68. The minimum absolute atomic E-state index is 0.135. The average molecular weight is 343 g/mol. The van der Waals surface area contributed by atoms with Crippen LogP contribution in [-0.4, -0.2) is 21.1 Å². The highest BCUT2D eigenvalue weighted by atomic mass is 19.1. The number of carbonyl (C=O) groups is 1. The van der Waals surface area contributed by atoms with E-state index in [-0.39, 0.29) is 28.7 Å². The number of rotatable bonds is 3. The molecule has 1 aliphatic heterocycles. The van der Waals surface area contributed by atoms with Crippen molar-refractivity contribution in [2.45, 2.75) is 44.8 Å². The van der Waals surface area contributed by atoms with Crippen molar-refractivity contribution in [2.24, 2.45) is 0 Å². The fraction of sp³-hybridized carbons (Fsp3) is 0.389. The Morgan fingerprint density at radius 2 is 2.20 bits per heavy atom. The van der Waals surface area contributed by atoms with Gasteiger partial charge in [-0.05, 0) is 44.9 Å². The quantitative estimate of drug-likeness (QED) is 0.870. The third-order valence-electron chi connectivity index (χ3n) is 4.41. The Balaban J connectivity index is 1.63. The van der Waals surface area contributed by atoms with Gasteiger partial charge in [0.1, 0.15) is 11.3 Å². The Bertz CT molecular complexity index is 932. The van der Waals surface area contributed by atoms with E-state index in [0.717, 1.165) is 12.8 Å². The maximum absolute atomic E-state index is 14.2. The molecule has 2 aromatic rings. The molecule has 0 saturated heterocycles. The van der Waals surface area contributed by atoms with E-state index in [4.69, 9.17) is 4.74 Å². The summed E-state index contributed by atoms with van der Waals surface area (Å²) in [6.07, 6.45) is 4.15. The minimum Gasteiger partial charge on any atom is -0.471 e. The number of anilines is 1. The molecule has 0 aromatic carbocycles. The van der Waals surface area contributed by atoms with Crippen LogP contribution in [0.1, 0.15) is 48.7 Å². The van der Waals surface area contributed by atoms with Crippen molar-refractivity contribution in [3.05, 3.63) is 51.8 Å². The van der Waals surface area contributed by atoms with Gasteiger partial charge in [-0.1, -0.05) is 0 Å². The van der Waals surface area contributed by atoms with Crippen LogP contribution in [0, 0.1) is 5.95 Å². The highest BCUT2D eigenvalue weighted by Gasteiger charge is 2.33. The molecular weight excluding hydrogens is 325 g/mol. The van der Waals surface area contributed by atoms with E-state index in [1.54, 1.807) is 16.8 Å². The maximum Gasteiger partial charge on any atom is 0.274 e. The van der Waals surface area contributed by atoms with Crippen LogP contribution in [0.15, 0.2) is 29.2 Å². The summed E-state index contributed by atoms with van der Waals surface area (Å²) in [5.41, 5.74) is -0.136. The Labute approximate surface area is 143 Å². The van der Waals surface area contributed by atoms with Gasteiger partial charge in [-0.25, -0.2) is 0 Å². The molecular formula is C18H18FN3O3. The SMILES string of the molecule is CC1(C)Cc2cc(C(=O)Nc3cccn(C4CC4)c3=O)c(F)nc2O1. The Hall–Kier alpha value is -2.70. The summed E-state index contributed by atoms with van der Waals surface area (Å²) in [6, 6.07) is 4.86. The van der Waals surface area contributed by atoms with Crippen molar-refractivity contribution in [3.63, 3.8) is 0 Å². The number of hydrogen-bond donors (Lipinski definition) is 1. The van der Waals surface area contributed by atoms with Crippen LogP contribution in [0.2, 0.25) is 0 Å². The van der Waals surface area contributed by atoms with Gasteiger partial charge in [-0.15, -0.1) is 0 Å². The zero-order valence-corrected chi connectivity index (χ0v) is 14.0. The fourth-order valence-electron chi connectivity index (χ4n) is 3.08. The molecule has 1 N–H and O–H groups in total. The Morgan fingerprint density at radius 3 is 2.92 bits per heavy atom. The predicted molar refractivity (Wildman–Crippen MR) is 89.5 cm³/mol. The van der Waals surface area contributed by atoms with Crippen molar-refractivity contribution in [1.29, 1.82) is 0 Å². The number of aromatic nitrogens is 2. The lowest BCUT2D eigenvalue weighted by molar-refractivity contribution is 0.102. The summed E-state index contributed by atoms with van der Waals surface area (Å²) in [5.74, 6) is -1.38. The monoisotopic (exact) mass is 343 g/mol. The van der Waals surface area contributed by atoms with Crippen LogP contribution in [0.4, 0.5) is 10.1 Å². The molecule has 2 aromatic heterocycles. The summed E-state index contributed by atoms with van der Waals surface area (Å²) in [7, 11) is 0. The van der Waals surface area contributed by atoms with E-state index in [1.807, 2.05) is 13.8 Å². The molecule has 6 nitrogen and oxygen atoms in total. The van der Waals surface area contributed by atoms with E-state index >= 15 is 0 Å². The second-order valence-corrected chi connectivity index (χ2v) is 7.15. The molecule has 0 atom stereocenters. The fourth-order valence-corrected chi connectivity index (χ4v) is 3.08. The summed E-state index contributed by atoms with van der Waals surface area (Å²) >= 11 is 0. The third kappa shape index (κ3) is 2.90. The molecule has 0 bridgehead atoms. The molecule has 3 heterocycles. The number of nitrogens with zero attached hydrogens (tertiary/aromatic N) is 2. The lowest BCUT2D eigenvalue weighted by Gasteiger charge is -2.15. The Morgan fingerprint density at radius 1 is 1.44 bits per heavy atom. The van der Waals surface area contributed by atoms with Crippen molar-refractivity contribution < 1.29 is 13.9 Å². The number of fused-ring (bicyclic) bond motifs is 1. The van der Waals surface area contributed by atoms with Gasteiger partial charge in [0.25, 0.3) is 11.5 Å². The minimum atomic E-state index is -0.910. The molecule has 2 aliphatic rings. The number of hydrogen-bond acceptors (Lipinski definition) is 4. The van der Waals surface area contributed by atoms with Gasteiger partial charge in [-0.3, -0.25) is 9.59 Å². The second kappa shape index (κ2) is 5.40. The van der Waals surface area contributed by atoms with Gasteiger partial charge in [0.15, 0.2) is 0 Å². The van der Waals surface area contributed by atoms with E-state index in [9.17, 15) is 14.0 Å². The van der Waals surface area contributed by atoms with Gasteiger partial charge < -0.3 is 14.6 Å². The van der Waals surface area contributed by atoms with Crippen molar-refractivity contribution in [1.82, 2.24) is 9.55 Å². The summed E-state index contributed by atoms with van der Waals surface area (Å²) < 4.78 is 21.4.